The molecule has 1 amide bonds. The highest BCUT2D eigenvalue weighted by atomic mass is 16.2. The van der Waals surface area contributed by atoms with Gasteiger partial charge in [-0.3, -0.25) is 14.3 Å². The van der Waals surface area contributed by atoms with Crippen molar-refractivity contribution >= 4 is 12.2 Å². The van der Waals surface area contributed by atoms with Gasteiger partial charge in [0, 0.05) is 30.4 Å². The zero-order valence-corrected chi connectivity index (χ0v) is 15.0. The van der Waals surface area contributed by atoms with E-state index in [0.29, 0.717) is 17.0 Å². The molecule has 1 aromatic heterocycles. The third-order valence-corrected chi connectivity index (χ3v) is 5.51. The van der Waals surface area contributed by atoms with Crippen molar-refractivity contribution in [3.05, 3.63) is 53.4 Å². The first-order valence-corrected chi connectivity index (χ1v) is 9.28. The highest BCUT2D eigenvalue weighted by Gasteiger charge is 2.32. The molecule has 134 valence electrons. The third-order valence-electron chi connectivity index (χ3n) is 5.51. The summed E-state index contributed by atoms with van der Waals surface area (Å²) in [5, 5.41) is 4.34. The molecule has 2 heterocycles. The molecule has 4 rings (SSSR count). The van der Waals surface area contributed by atoms with E-state index in [-0.39, 0.29) is 5.91 Å². The quantitative estimate of drug-likeness (QED) is 0.792. The van der Waals surface area contributed by atoms with Crippen LogP contribution in [0.3, 0.4) is 0 Å². The molecular formula is C21H23N3O2. The molecule has 5 nitrogen and oxygen atoms in total. The first kappa shape index (κ1) is 16.8. The highest BCUT2D eigenvalue weighted by Crippen LogP contribution is 2.36. The Labute approximate surface area is 153 Å². The average molecular weight is 349 g/mol. The number of rotatable bonds is 3. The van der Waals surface area contributed by atoms with E-state index in [9.17, 15) is 9.59 Å². The lowest BCUT2D eigenvalue weighted by molar-refractivity contribution is 0.0749. The summed E-state index contributed by atoms with van der Waals surface area (Å²) >= 11 is 0. The number of hydrogen-bond donors (Lipinski definition) is 0. The van der Waals surface area contributed by atoms with Crippen molar-refractivity contribution in [2.24, 2.45) is 13.0 Å². The van der Waals surface area contributed by atoms with Crippen LogP contribution in [0, 0.1) is 5.92 Å². The number of allylic oxidation sites excluding steroid dienone is 2. The van der Waals surface area contributed by atoms with E-state index >= 15 is 0 Å². The number of piperidine rings is 1. The van der Waals surface area contributed by atoms with E-state index < -0.39 is 0 Å². The minimum atomic E-state index is 0.0328. The molecule has 26 heavy (non-hydrogen) atoms. The molecule has 2 aliphatic rings. The Morgan fingerprint density at radius 1 is 1.19 bits per heavy atom. The summed E-state index contributed by atoms with van der Waals surface area (Å²) in [6, 6.07) is 7.28. The fourth-order valence-electron chi connectivity index (χ4n) is 4.20. The maximum Gasteiger partial charge on any atom is 0.261 e. The van der Waals surface area contributed by atoms with Crippen LogP contribution in [-0.2, 0) is 7.05 Å². The van der Waals surface area contributed by atoms with E-state index in [2.05, 4.69) is 11.2 Å². The predicted molar refractivity (Wildman–Crippen MR) is 99.7 cm³/mol. The van der Waals surface area contributed by atoms with Crippen LogP contribution in [0.15, 0.2) is 42.2 Å². The van der Waals surface area contributed by atoms with Crippen LogP contribution < -0.4 is 0 Å². The van der Waals surface area contributed by atoms with Gasteiger partial charge in [0.15, 0.2) is 0 Å². The van der Waals surface area contributed by atoms with Gasteiger partial charge in [-0.25, -0.2) is 0 Å². The van der Waals surface area contributed by atoms with Crippen molar-refractivity contribution in [2.45, 2.75) is 32.1 Å². The van der Waals surface area contributed by atoms with Crippen LogP contribution in [0.5, 0.6) is 0 Å². The molecule has 1 aromatic carbocycles. The van der Waals surface area contributed by atoms with Gasteiger partial charge in [-0.1, -0.05) is 30.3 Å². The Morgan fingerprint density at radius 2 is 1.96 bits per heavy atom. The Bertz CT molecular complexity index is 864. The summed E-state index contributed by atoms with van der Waals surface area (Å²) < 4.78 is 1.74. The number of hydrogen-bond acceptors (Lipinski definition) is 3. The minimum absolute atomic E-state index is 0.0328. The largest absolute Gasteiger partial charge is 0.312 e. The molecule has 0 radical (unpaired) electrons. The van der Waals surface area contributed by atoms with Gasteiger partial charge in [-0.15, -0.1) is 0 Å². The third kappa shape index (κ3) is 2.87. The zero-order valence-electron chi connectivity index (χ0n) is 15.0. The number of nitrogens with zero attached hydrogens (tertiary/aromatic N) is 3. The average Bonchev–Trinajstić information content (AvgIpc) is 3.08. The smallest absolute Gasteiger partial charge is 0.261 e. The number of likely N-dealkylation sites (tertiary alicyclic amines) is 1. The number of fused-ring (bicyclic) bond motifs is 1. The zero-order chi connectivity index (χ0) is 18.1. The van der Waals surface area contributed by atoms with Gasteiger partial charge in [0.25, 0.3) is 5.91 Å². The molecule has 0 N–H and O–H groups in total. The molecule has 1 unspecified atom stereocenters. The molecule has 2 aromatic rings. The summed E-state index contributed by atoms with van der Waals surface area (Å²) in [5.41, 5.74) is 4.14. The van der Waals surface area contributed by atoms with Gasteiger partial charge >= 0.3 is 0 Å². The van der Waals surface area contributed by atoms with Crippen molar-refractivity contribution < 1.29 is 9.59 Å². The van der Waals surface area contributed by atoms with Crippen molar-refractivity contribution in [1.82, 2.24) is 14.7 Å². The first-order chi connectivity index (χ1) is 12.7. The number of aromatic nitrogens is 2. The Hall–Kier alpha value is -2.69. The van der Waals surface area contributed by atoms with Crippen molar-refractivity contribution in [2.75, 3.05) is 6.54 Å². The lowest BCUT2D eigenvalue weighted by Gasteiger charge is -2.38. The summed E-state index contributed by atoms with van der Waals surface area (Å²) in [4.78, 5) is 26.2. The van der Waals surface area contributed by atoms with E-state index in [1.165, 1.54) is 25.0 Å². The molecule has 0 spiro atoms. The lowest BCUT2D eigenvalue weighted by atomic mass is 9.84. The Morgan fingerprint density at radius 3 is 2.73 bits per heavy atom. The van der Waals surface area contributed by atoms with Crippen LogP contribution in [0.2, 0.25) is 0 Å². The van der Waals surface area contributed by atoms with Crippen LogP contribution in [0.1, 0.15) is 52.8 Å². The van der Waals surface area contributed by atoms with Gasteiger partial charge in [-0.2, -0.15) is 5.10 Å². The molecule has 1 aliphatic carbocycles. The van der Waals surface area contributed by atoms with Crippen LogP contribution in [0.25, 0.3) is 11.3 Å². The van der Waals surface area contributed by atoms with Gasteiger partial charge < -0.3 is 4.90 Å². The van der Waals surface area contributed by atoms with Crippen LogP contribution >= 0.6 is 0 Å². The number of amides is 1. The van der Waals surface area contributed by atoms with E-state index in [4.69, 9.17) is 0 Å². The number of aldehydes is 1. The van der Waals surface area contributed by atoms with E-state index in [0.717, 1.165) is 36.9 Å². The minimum Gasteiger partial charge on any atom is -0.312 e. The van der Waals surface area contributed by atoms with E-state index in [1.807, 2.05) is 24.1 Å². The molecular weight excluding hydrogens is 326 g/mol. The number of benzene rings is 1. The number of aryl methyl sites for hydroxylation is 1. The summed E-state index contributed by atoms with van der Waals surface area (Å²) in [5.74, 6) is 0.555. The molecule has 0 bridgehead atoms. The molecule has 1 fully saturated rings. The SMILES string of the molecule is Cn1ncc(C(=O)N2CCCC3CCCC=C32)c1-c1ccc(C=O)cc1. The lowest BCUT2D eigenvalue weighted by Crippen LogP contribution is -2.39. The van der Waals surface area contributed by atoms with Crippen LogP contribution in [-0.4, -0.2) is 33.4 Å². The Kier molecular flexibility index (Phi) is 4.45. The highest BCUT2D eigenvalue weighted by molar-refractivity contribution is 6.01. The van der Waals surface area contributed by atoms with E-state index in [1.54, 1.807) is 23.0 Å². The predicted octanol–water partition coefficient (Wildman–Crippen LogP) is 3.82. The standard InChI is InChI=1S/C21H23N3O2/c1-23-20(17-10-8-15(14-25)9-11-17)18(13-22-23)21(26)24-12-4-6-16-5-2-3-7-19(16)24/h7-11,13-14,16H,2-6,12H2,1H3. The number of carbonyl (C=O) groups is 2. The fraction of sp³-hybridized carbons (Fsp3) is 0.381. The van der Waals surface area contributed by atoms with Gasteiger partial charge in [0.1, 0.15) is 6.29 Å². The fourth-order valence-corrected chi connectivity index (χ4v) is 4.20. The first-order valence-electron chi connectivity index (χ1n) is 9.28. The summed E-state index contributed by atoms with van der Waals surface area (Å²) in [6.07, 6.45) is 10.4. The molecule has 1 saturated heterocycles. The molecule has 1 aliphatic heterocycles. The number of carbonyl (C=O) groups excluding carboxylic acids is 2. The topological polar surface area (TPSA) is 55.2 Å². The molecule has 5 heteroatoms. The second-order valence-electron chi connectivity index (χ2n) is 7.13. The van der Waals surface area contributed by atoms with Crippen molar-refractivity contribution in [3.63, 3.8) is 0 Å². The second kappa shape index (κ2) is 6.90. The Balaban J connectivity index is 1.70. The maximum absolute atomic E-state index is 13.4. The molecule has 0 saturated carbocycles. The second-order valence-corrected chi connectivity index (χ2v) is 7.13. The van der Waals surface area contributed by atoms with Gasteiger partial charge in [0.05, 0.1) is 17.5 Å². The van der Waals surface area contributed by atoms with Crippen molar-refractivity contribution in [3.8, 4) is 11.3 Å². The normalized spacial score (nSPS) is 19.7. The van der Waals surface area contributed by atoms with Crippen molar-refractivity contribution in [1.29, 1.82) is 0 Å². The monoisotopic (exact) mass is 349 g/mol. The summed E-state index contributed by atoms with van der Waals surface area (Å²) in [6.45, 7) is 0.777. The maximum atomic E-state index is 13.4. The van der Waals surface area contributed by atoms with Gasteiger partial charge in [-0.05, 0) is 38.0 Å². The van der Waals surface area contributed by atoms with Crippen LogP contribution in [0.4, 0.5) is 0 Å². The molecule has 1 atom stereocenters. The summed E-state index contributed by atoms with van der Waals surface area (Å²) in [7, 11) is 1.85. The van der Waals surface area contributed by atoms with Gasteiger partial charge in [0.2, 0.25) is 0 Å².